The molecule has 0 aromatic carbocycles. The minimum atomic E-state index is -4.21. The van der Waals surface area contributed by atoms with Crippen LogP contribution in [0.15, 0.2) is 0 Å². The topological polar surface area (TPSA) is 38.3 Å². The average molecular weight is 253 g/mol. The summed E-state index contributed by atoms with van der Waals surface area (Å²) in [7, 11) is 1.63. The highest BCUT2D eigenvalue weighted by Gasteiger charge is 2.29. The lowest BCUT2D eigenvalue weighted by Crippen LogP contribution is -2.36. The van der Waals surface area contributed by atoms with E-state index in [2.05, 4.69) is 5.32 Å². The molecule has 0 atom stereocenters. The van der Waals surface area contributed by atoms with Crippen molar-refractivity contribution in [2.24, 2.45) is 5.92 Å². The van der Waals surface area contributed by atoms with Crippen LogP contribution >= 0.6 is 0 Å². The molecule has 0 aromatic heterocycles. The Morgan fingerprint density at radius 2 is 1.88 bits per heavy atom. The maximum Gasteiger partial charge on any atom is 0.390 e. The van der Waals surface area contributed by atoms with Crippen molar-refractivity contribution in [2.75, 3.05) is 13.7 Å². The molecule has 1 fully saturated rings. The van der Waals surface area contributed by atoms with E-state index in [0.29, 0.717) is 12.8 Å². The fraction of sp³-hybridized carbons (Fsp3) is 0.909. The van der Waals surface area contributed by atoms with Gasteiger partial charge in [-0.15, -0.1) is 0 Å². The quantitative estimate of drug-likeness (QED) is 0.834. The van der Waals surface area contributed by atoms with Crippen LogP contribution in [0.5, 0.6) is 0 Å². The van der Waals surface area contributed by atoms with Gasteiger partial charge in [-0.05, 0) is 25.7 Å². The zero-order valence-corrected chi connectivity index (χ0v) is 9.85. The second-order valence-corrected chi connectivity index (χ2v) is 4.37. The lowest BCUT2D eigenvalue weighted by Gasteiger charge is -2.26. The third kappa shape index (κ3) is 5.39. The Balaban J connectivity index is 2.21. The Morgan fingerprint density at radius 1 is 1.29 bits per heavy atom. The van der Waals surface area contributed by atoms with E-state index in [-0.39, 0.29) is 24.5 Å². The van der Waals surface area contributed by atoms with E-state index in [9.17, 15) is 18.0 Å². The molecule has 0 heterocycles. The summed E-state index contributed by atoms with van der Waals surface area (Å²) in [4.78, 5) is 11.6. The largest absolute Gasteiger partial charge is 0.390 e. The number of hydrogen-bond acceptors (Lipinski definition) is 2. The van der Waals surface area contributed by atoms with Gasteiger partial charge in [0, 0.05) is 19.6 Å². The minimum absolute atomic E-state index is 0.158. The third-order valence-electron chi connectivity index (χ3n) is 3.09. The van der Waals surface area contributed by atoms with E-state index in [1.807, 2.05) is 0 Å². The highest BCUT2D eigenvalue weighted by molar-refractivity contribution is 5.78. The Bertz CT molecular complexity index is 248. The molecule has 6 heteroatoms. The zero-order chi connectivity index (χ0) is 12.9. The maximum absolute atomic E-state index is 11.9. The summed E-state index contributed by atoms with van der Waals surface area (Å²) in [6.45, 7) is -0.327. The SMILES string of the molecule is COC1CCC(C(=O)NCCC(F)(F)F)CC1. The van der Waals surface area contributed by atoms with Crippen LogP contribution < -0.4 is 5.32 Å². The van der Waals surface area contributed by atoms with Gasteiger partial charge in [0.25, 0.3) is 0 Å². The molecule has 3 nitrogen and oxygen atoms in total. The molecule has 0 spiro atoms. The van der Waals surface area contributed by atoms with E-state index in [4.69, 9.17) is 4.74 Å². The molecule has 1 aliphatic rings. The number of ether oxygens (including phenoxy) is 1. The van der Waals surface area contributed by atoms with Gasteiger partial charge in [0.1, 0.15) is 0 Å². The average Bonchev–Trinajstić information content (AvgIpc) is 2.27. The van der Waals surface area contributed by atoms with Crippen molar-refractivity contribution in [1.29, 1.82) is 0 Å². The van der Waals surface area contributed by atoms with Crippen LogP contribution in [0.2, 0.25) is 0 Å². The number of hydrogen-bond donors (Lipinski definition) is 1. The molecule has 0 aliphatic heterocycles. The van der Waals surface area contributed by atoms with Crippen LogP contribution in [-0.2, 0) is 9.53 Å². The highest BCUT2D eigenvalue weighted by atomic mass is 19.4. The fourth-order valence-corrected chi connectivity index (χ4v) is 2.03. The number of halogens is 3. The van der Waals surface area contributed by atoms with E-state index < -0.39 is 12.6 Å². The Morgan fingerprint density at radius 3 is 2.35 bits per heavy atom. The van der Waals surface area contributed by atoms with Gasteiger partial charge in [-0.3, -0.25) is 4.79 Å². The molecular formula is C11H18F3NO2. The first-order valence-electron chi connectivity index (χ1n) is 5.79. The van der Waals surface area contributed by atoms with E-state index in [1.165, 1.54) is 0 Å². The number of carbonyl (C=O) groups excluding carboxylic acids is 1. The molecule has 0 radical (unpaired) electrons. The molecule has 0 unspecified atom stereocenters. The first-order chi connectivity index (χ1) is 7.92. The van der Waals surface area contributed by atoms with Gasteiger partial charge in [0.2, 0.25) is 5.91 Å². The molecule has 0 bridgehead atoms. The van der Waals surface area contributed by atoms with Crippen LogP contribution in [-0.4, -0.2) is 31.8 Å². The van der Waals surface area contributed by atoms with Gasteiger partial charge in [0.05, 0.1) is 12.5 Å². The molecule has 1 amide bonds. The molecule has 100 valence electrons. The third-order valence-corrected chi connectivity index (χ3v) is 3.09. The summed E-state index contributed by atoms with van der Waals surface area (Å²) in [5.41, 5.74) is 0. The van der Waals surface area contributed by atoms with Crippen LogP contribution in [0.25, 0.3) is 0 Å². The number of amides is 1. The van der Waals surface area contributed by atoms with Crippen LogP contribution in [0.4, 0.5) is 13.2 Å². The second kappa shape index (κ2) is 6.23. The number of alkyl halides is 3. The van der Waals surface area contributed by atoms with Gasteiger partial charge < -0.3 is 10.1 Å². The number of carbonyl (C=O) groups is 1. The van der Waals surface area contributed by atoms with Gasteiger partial charge in [0.15, 0.2) is 0 Å². The predicted octanol–water partition coefficient (Wildman–Crippen LogP) is 2.26. The molecule has 1 aliphatic carbocycles. The molecule has 1 rings (SSSR count). The normalized spacial score (nSPS) is 25.6. The van der Waals surface area contributed by atoms with Crippen molar-refractivity contribution in [3.63, 3.8) is 0 Å². The fourth-order valence-electron chi connectivity index (χ4n) is 2.03. The van der Waals surface area contributed by atoms with Crippen molar-refractivity contribution >= 4 is 5.91 Å². The van der Waals surface area contributed by atoms with Crippen molar-refractivity contribution < 1.29 is 22.7 Å². The summed E-state index contributed by atoms with van der Waals surface area (Å²) in [6.07, 6.45) is -2.00. The van der Waals surface area contributed by atoms with E-state index >= 15 is 0 Å². The minimum Gasteiger partial charge on any atom is -0.381 e. The van der Waals surface area contributed by atoms with Crippen molar-refractivity contribution in [3.05, 3.63) is 0 Å². The maximum atomic E-state index is 11.9. The molecule has 0 saturated heterocycles. The summed E-state index contributed by atoms with van der Waals surface area (Å²) >= 11 is 0. The van der Waals surface area contributed by atoms with E-state index in [0.717, 1.165) is 12.8 Å². The smallest absolute Gasteiger partial charge is 0.381 e. The molecule has 1 saturated carbocycles. The monoisotopic (exact) mass is 253 g/mol. The van der Waals surface area contributed by atoms with Crippen LogP contribution in [0.3, 0.4) is 0 Å². The zero-order valence-electron chi connectivity index (χ0n) is 9.85. The second-order valence-electron chi connectivity index (χ2n) is 4.37. The van der Waals surface area contributed by atoms with Gasteiger partial charge in [-0.1, -0.05) is 0 Å². The Hall–Kier alpha value is -0.780. The highest BCUT2D eigenvalue weighted by Crippen LogP contribution is 2.26. The standard InChI is InChI=1S/C11H18F3NO2/c1-17-9-4-2-8(3-5-9)10(16)15-7-6-11(12,13)14/h8-9H,2-7H2,1H3,(H,15,16). The summed E-state index contributed by atoms with van der Waals surface area (Å²) in [5, 5.41) is 2.34. The molecule has 17 heavy (non-hydrogen) atoms. The Kier molecular flexibility index (Phi) is 5.24. The molecular weight excluding hydrogens is 235 g/mol. The predicted molar refractivity (Wildman–Crippen MR) is 56.4 cm³/mol. The first kappa shape index (κ1) is 14.3. The van der Waals surface area contributed by atoms with Gasteiger partial charge >= 0.3 is 6.18 Å². The van der Waals surface area contributed by atoms with Crippen LogP contribution in [0, 0.1) is 5.92 Å². The van der Waals surface area contributed by atoms with Gasteiger partial charge in [-0.25, -0.2) is 0 Å². The number of methoxy groups -OCH3 is 1. The van der Waals surface area contributed by atoms with E-state index in [1.54, 1.807) is 7.11 Å². The summed E-state index contributed by atoms with van der Waals surface area (Å²) < 4.78 is 40.8. The lowest BCUT2D eigenvalue weighted by molar-refractivity contribution is -0.137. The summed E-state index contributed by atoms with van der Waals surface area (Å²) in [5.74, 6) is -0.418. The van der Waals surface area contributed by atoms with Crippen molar-refractivity contribution in [2.45, 2.75) is 44.4 Å². The molecule has 1 N–H and O–H groups in total. The summed E-state index contributed by atoms with van der Waals surface area (Å²) in [6, 6.07) is 0. The number of nitrogens with one attached hydrogen (secondary N) is 1. The number of rotatable bonds is 4. The van der Waals surface area contributed by atoms with Crippen molar-refractivity contribution in [3.8, 4) is 0 Å². The lowest BCUT2D eigenvalue weighted by atomic mass is 9.87. The van der Waals surface area contributed by atoms with Crippen molar-refractivity contribution in [1.82, 2.24) is 5.32 Å². The van der Waals surface area contributed by atoms with Gasteiger partial charge in [-0.2, -0.15) is 13.2 Å². The van der Waals surface area contributed by atoms with Crippen LogP contribution in [0.1, 0.15) is 32.1 Å². The Labute approximate surface area is 98.7 Å². The first-order valence-corrected chi connectivity index (χ1v) is 5.79. The molecule has 0 aromatic rings.